The highest BCUT2D eigenvalue weighted by atomic mass is 16.3. The maximum Gasteiger partial charge on any atom is 0.324 e. The molecule has 2 aromatic rings. The molecule has 1 aliphatic rings. The van der Waals surface area contributed by atoms with E-state index in [1.54, 1.807) is 24.9 Å². The Kier molecular flexibility index (Phi) is 4.13. The fourth-order valence-electron chi connectivity index (χ4n) is 2.92. The number of carbonyl (C=O) groups is 1. The second kappa shape index (κ2) is 6.21. The summed E-state index contributed by atoms with van der Waals surface area (Å²) in [4.78, 5) is 18.7. The Morgan fingerprint density at radius 2 is 2.27 bits per heavy atom. The summed E-state index contributed by atoms with van der Waals surface area (Å²) in [6, 6.07) is 3.62. The Labute approximate surface area is 129 Å². The lowest BCUT2D eigenvalue weighted by molar-refractivity contribution is 0.179. The highest BCUT2D eigenvalue weighted by molar-refractivity contribution is 5.87. The Balaban J connectivity index is 1.79. The van der Waals surface area contributed by atoms with Crippen LogP contribution < -0.4 is 5.32 Å². The van der Waals surface area contributed by atoms with Crippen LogP contribution in [-0.4, -0.2) is 32.2 Å². The Morgan fingerprint density at radius 3 is 2.95 bits per heavy atom. The minimum absolute atomic E-state index is 0.0215. The molecule has 3 heterocycles. The van der Waals surface area contributed by atoms with Gasteiger partial charge in [0.1, 0.15) is 11.6 Å². The van der Waals surface area contributed by atoms with Crippen molar-refractivity contribution in [3.63, 3.8) is 0 Å². The van der Waals surface area contributed by atoms with Gasteiger partial charge in [-0.1, -0.05) is 12.8 Å². The van der Waals surface area contributed by atoms with Crippen molar-refractivity contribution >= 4 is 12.0 Å². The summed E-state index contributed by atoms with van der Waals surface area (Å²) >= 11 is 0. The summed E-state index contributed by atoms with van der Waals surface area (Å²) in [5.74, 6) is 1.94. The van der Waals surface area contributed by atoms with Gasteiger partial charge in [-0.25, -0.2) is 9.48 Å². The van der Waals surface area contributed by atoms with Gasteiger partial charge in [0.05, 0.1) is 12.3 Å². The summed E-state index contributed by atoms with van der Waals surface area (Å²) in [5, 5.41) is 7.01. The van der Waals surface area contributed by atoms with Crippen LogP contribution in [-0.2, 0) is 7.05 Å². The third-order valence-electron chi connectivity index (χ3n) is 3.97. The van der Waals surface area contributed by atoms with Crippen molar-refractivity contribution in [1.29, 1.82) is 0 Å². The van der Waals surface area contributed by atoms with Gasteiger partial charge in [0.2, 0.25) is 5.95 Å². The molecule has 1 saturated heterocycles. The smallest absolute Gasteiger partial charge is 0.324 e. The highest BCUT2D eigenvalue weighted by Gasteiger charge is 2.29. The molecule has 0 aromatic carbocycles. The van der Waals surface area contributed by atoms with Crippen LogP contribution in [0.5, 0.6) is 0 Å². The summed E-state index contributed by atoms with van der Waals surface area (Å²) in [6.07, 6.45) is 5.80. The van der Waals surface area contributed by atoms with Crippen molar-refractivity contribution in [1.82, 2.24) is 19.7 Å². The number of nitrogens with one attached hydrogen (secondary N) is 1. The molecule has 0 radical (unpaired) electrons. The molecule has 7 heteroatoms. The van der Waals surface area contributed by atoms with Crippen LogP contribution >= 0.6 is 0 Å². The van der Waals surface area contributed by atoms with Gasteiger partial charge in [-0.15, -0.1) is 0 Å². The van der Waals surface area contributed by atoms with E-state index in [0.29, 0.717) is 18.3 Å². The fraction of sp³-hybridized carbons (Fsp3) is 0.533. The van der Waals surface area contributed by atoms with Crippen molar-refractivity contribution in [2.24, 2.45) is 7.05 Å². The molecule has 0 bridgehead atoms. The Morgan fingerprint density at radius 1 is 1.41 bits per heavy atom. The summed E-state index contributed by atoms with van der Waals surface area (Å²) in [6.45, 7) is 2.52. The summed E-state index contributed by atoms with van der Waals surface area (Å²) in [5.41, 5.74) is 0. The number of hydrogen-bond donors (Lipinski definition) is 1. The Bertz CT molecular complexity index is 634. The normalized spacial score (nSPS) is 19.0. The number of urea groups is 1. The number of rotatable bonds is 2. The van der Waals surface area contributed by atoms with E-state index in [1.165, 1.54) is 0 Å². The lowest BCUT2D eigenvalue weighted by Gasteiger charge is -2.28. The van der Waals surface area contributed by atoms with E-state index in [4.69, 9.17) is 4.42 Å². The number of furan rings is 1. The minimum Gasteiger partial charge on any atom is -0.467 e. The molecule has 0 saturated carbocycles. The van der Waals surface area contributed by atoms with Gasteiger partial charge in [0, 0.05) is 13.6 Å². The molecule has 1 fully saturated rings. The predicted octanol–water partition coefficient (Wildman–Crippen LogP) is 2.87. The molecule has 2 aromatic heterocycles. The third kappa shape index (κ3) is 2.98. The number of amides is 2. The molecular weight excluding hydrogens is 282 g/mol. The van der Waals surface area contributed by atoms with Crippen LogP contribution in [0.15, 0.2) is 22.8 Å². The Hall–Kier alpha value is -2.31. The quantitative estimate of drug-likeness (QED) is 0.925. The van der Waals surface area contributed by atoms with Gasteiger partial charge < -0.3 is 9.32 Å². The van der Waals surface area contributed by atoms with Gasteiger partial charge in [0.15, 0.2) is 0 Å². The van der Waals surface area contributed by atoms with Gasteiger partial charge in [-0.2, -0.15) is 10.1 Å². The average Bonchev–Trinajstić information content (AvgIpc) is 3.03. The second-order valence-corrected chi connectivity index (χ2v) is 5.61. The van der Waals surface area contributed by atoms with E-state index in [0.717, 1.165) is 31.4 Å². The number of carbonyl (C=O) groups excluding carboxylic acids is 1. The topological polar surface area (TPSA) is 76.2 Å². The van der Waals surface area contributed by atoms with Crippen LogP contribution in [0.2, 0.25) is 0 Å². The molecule has 0 unspecified atom stereocenters. The lowest BCUT2D eigenvalue weighted by atomic mass is 10.1. The van der Waals surface area contributed by atoms with Crippen molar-refractivity contribution < 1.29 is 9.21 Å². The molecular formula is C15H21N5O2. The first-order valence-corrected chi connectivity index (χ1v) is 7.64. The molecule has 3 rings (SSSR count). The van der Waals surface area contributed by atoms with Crippen LogP contribution in [0.1, 0.15) is 43.3 Å². The van der Waals surface area contributed by atoms with Crippen LogP contribution in [0.4, 0.5) is 10.7 Å². The molecule has 0 aliphatic carbocycles. The first-order valence-electron chi connectivity index (χ1n) is 7.64. The first kappa shape index (κ1) is 14.6. The fourth-order valence-corrected chi connectivity index (χ4v) is 2.92. The van der Waals surface area contributed by atoms with Gasteiger partial charge in [-0.3, -0.25) is 5.32 Å². The molecule has 1 aliphatic heterocycles. The lowest BCUT2D eigenvalue weighted by Crippen LogP contribution is -2.38. The number of likely N-dealkylation sites (tertiary alicyclic amines) is 1. The van der Waals surface area contributed by atoms with Crippen LogP contribution in [0.25, 0.3) is 0 Å². The van der Waals surface area contributed by atoms with E-state index in [1.807, 2.05) is 17.0 Å². The summed E-state index contributed by atoms with van der Waals surface area (Å²) in [7, 11) is 1.77. The minimum atomic E-state index is -0.154. The molecule has 1 N–H and O–H groups in total. The van der Waals surface area contributed by atoms with Crippen molar-refractivity contribution in [2.45, 2.75) is 38.6 Å². The number of aryl methyl sites for hydroxylation is 2. The summed E-state index contributed by atoms with van der Waals surface area (Å²) < 4.78 is 7.11. The van der Waals surface area contributed by atoms with Crippen LogP contribution in [0.3, 0.4) is 0 Å². The standard InChI is InChI=1S/C15H21N5O2/c1-11-16-14(19(2)18-11)17-15(21)20-9-5-3-4-7-12(20)13-8-6-10-22-13/h6,8,10,12H,3-5,7,9H2,1-2H3,(H,16,17,18,21)/t12-/m1/s1. The van der Waals surface area contributed by atoms with E-state index in [-0.39, 0.29) is 12.1 Å². The van der Waals surface area contributed by atoms with E-state index in [2.05, 4.69) is 15.4 Å². The van der Waals surface area contributed by atoms with E-state index < -0.39 is 0 Å². The molecule has 118 valence electrons. The maximum atomic E-state index is 12.7. The third-order valence-corrected chi connectivity index (χ3v) is 3.97. The van der Waals surface area contributed by atoms with Crippen molar-refractivity contribution in [2.75, 3.05) is 11.9 Å². The zero-order valence-corrected chi connectivity index (χ0v) is 13.0. The predicted molar refractivity (Wildman–Crippen MR) is 81.4 cm³/mol. The number of anilines is 1. The molecule has 7 nitrogen and oxygen atoms in total. The number of nitrogens with zero attached hydrogens (tertiary/aromatic N) is 4. The average molecular weight is 303 g/mol. The number of aromatic nitrogens is 3. The van der Waals surface area contributed by atoms with E-state index in [9.17, 15) is 4.79 Å². The monoisotopic (exact) mass is 303 g/mol. The molecule has 1 atom stereocenters. The zero-order valence-electron chi connectivity index (χ0n) is 13.0. The van der Waals surface area contributed by atoms with Crippen molar-refractivity contribution in [3.8, 4) is 0 Å². The highest BCUT2D eigenvalue weighted by Crippen LogP contribution is 2.30. The van der Waals surface area contributed by atoms with Gasteiger partial charge in [-0.05, 0) is 31.9 Å². The van der Waals surface area contributed by atoms with E-state index >= 15 is 0 Å². The number of hydrogen-bond acceptors (Lipinski definition) is 4. The molecule has 0 spiro atoms. The van der Waals surface area contributed by atoms with Gasteiger partial charge in [0.25, 0.3) is 0 Å². The van der Waals surface area contributed by atoms with Crippen molar-refractivity contribution in [3.05, 3.63) is 30.0 Å². The second-order valence-electron chi connectivity index (χ2n) is 5.61. The van der Waals surface area contributed by atoms with Crippen LogP contribution in [0, 0.1) is 6.92 Å². The molecule has 2 amide bonds. The largest absolute Gasteiger partial charge is 0.467 e. The SMILES string of the molecule is Cc1nc(NC(=O)N2CCCCC[C@@H]2c2ccco2)n(C)n1. The molecule has 22 heavy (non-hydrogen) atoms. The maximum absolute atomic E-state index is 12.7. The van der Waals surface area contributed by atoms with Gasteiger partial charge >= 0.3 is 6.03 Å². The first-order chi connectivity index (χ1) is 10.6. The zero-order chi connectivity index (χ0) is 15.5.